The average Bonchev–Trinajstić information content (AvgIpc) is 3.49. The Morgan fingerprint density at radius 2 is 1.83 bits per heavy atom. The minimum Gasteiger partial charge on any atom is -0.332 e. The summed E-state index contributed by atoms with van der Waals surface area (Å²) in [5.74, 6) is -0.295. The first-order valence-corrected chi connectivity index (χ1v) is 11.5. The number of nitrogens with zero attached hydrogens (tertiary/aromatic N) is 2. The van der Waals surface area contributed by atoms with Crippen molar-refractivity contribution in [1.82, 2.24) is 9.80 Å². The predicted octanol–water partition coefficient (Wildman–Crippen LogP) is 4.98. The summed E-state index contributed by atoms with van der Waals surface area (Å²) in [6, 6.07) is 8.33. The molecule has 1 fully saturated rings. The number of carbonyl (C=O) groups excluding carboxylic acids is 2. The molecule has 1 heterocycles. The Labute approximate surface area is 186 Å². The molecule has 0 radical (unpaired) electrons. The summed E-state index contributed by atoms with van der Waals surface area (Å²) in [7, 11) is 0. The van der Waals surface area contributed by atoms with Gasteiger partial charge >= 0.3 is 0 Å². The Bertz CT molecular complexity index is 893. The summed E-state index contributed by atoms with van der Waals surface area (Å²) < 4.78 is 13.3. The molecule has 1 saturated carbocycles. The highest BCUT2D eigenvalue weighted by Crippen LogP contribution is 2.32. The van der Waals surface area contributed by atoms with E-state index in [9.17, 15) is 14.0 Å². The van der Waals surface area contributed by atoms with Gasteiger partial charge in [0, 0.05) is 23.3 Å². The lowest BCUT2D eigenvalue weighted by molar-refractivity contribution is -0.146. The number of hydrogen-bond donors (Lipinski definition) is 0. The van der Waals surface area contributed by atoms with Crippen LogP contribution in [0.4, 0.5) is 4.39 Å². The van der Waals surface area contributed by atoms with E-state index in [1.54, 1.807) is 33.3 Å². The molecular weight excluding hydrogens is 423 g/mol. The molecular formula is C23H28ClFN2O2S. The highest BCUT2D eigenvalue weighted by Gasteiger charge is 2.40. The Balaban J connectivity index is 1.80. The van der Waals surface area contributed by atoms with Crippen molar-refractivity contribution in [2.45, 2.75) is 52.7 Å². The van der Waals surface area contributed by atoms with Crippen LogP contribution in [0, 0.1) is 18.2 Å². The number of thiophene rings is 1. The molecule has 0 saturated heterocycles. The maximum atomic E-state index is 13.3. The second-order valence-electron chi connectivity index (χ2n) is 8.58. The average molecular weight is 451 g/mol. The zero-order valence-corrected chi connectivity index (χ0v) is 19.2. The van der Waals surface area contributed by atoms with Crippen LogP contribution in [-0.4, -0.2) is 40.1 Å². The number of amides is 2. The van der Waals surface area contributed by atoms with Crippen LogP contribution in [-0.2, 0) is 22.7 Å². The molecule has 4 nitrogen and oxygen atoms in total. The van der Waals surface area contributed by atoms with Crippen LogP contribution >= 0.6 is 22.9 Å². The fourth-order valence-corrected chi connectivity index (χ4v) is 4.26. The minimum atomic E-state index is -0.712. The quantitative estimate of drug-likeness (QED) is 0.505. The molecule has 1 aliphatic rings. The van der Waals surface area contributed by atoms with Gasteiger partial charge < -0.3 is 9.80 Å². The number of alkyl halides is 1. The van der Waals surface area contributed by atoms with Crippen molar-refractivity contribution in [1.29, 1.82) is 0 Å². The maximum Gasteiger partial charge on any atom is 0.242 e. The maximum absolute atomic E-state index is 13.3. The summed E-state index contributed by atoms with van der Waals surface area (Å²) in [5, 5.41) is 2.01. The molecule has 0 bridgehead atoms. The van der Waals surface area contributed by atoms with Gasteiger partial charge in [-0.15, -0.1) is 22.9 Å². The standard InChI is InChI=1S/C23H28ClFN2O2S/c1-16-10-11-30-20(16)13-26(12-17-4-6-18(25)7-5-17)21(28)14-27(19-8-9-19)22(29)23(2,3)15-24/h4-7,10-11,19H,8-9,12-15H2,1-3H3. The summed E-state index contributed by atoms with van der Waals surface area (Å²) in [6.07, 6.45) is 1.83. The van der Waals surface area contributed by atoms with E-state index >= 15 is 0 Å². The first-order chi connectivity index (χ1) is 14.2. The summed E-state index contributed by atoms with van der Waals surface area (Å²) in [5.41, 5.74) is 1.27. The second kappa shape index (κ2) is 9.48. The largest absolute Gasteiger partial charge is 0.332 e. The van der Waals surface area contributed by atoms with Crippen molar-refractivity contribution in [3.8, 4) is 0 Å². The van der Waals surface area contributed by atoms with Gasteiger partial charge in [0.05, 0.1) is 12.0 Å². The minimum absolute atomic E-state index is 0.0371. The topological polar surface area (TPSA) is 40.6 Å². The van der Waals surface area contributed by atoms with Gasteiger partial charge in [-0.2, -0.15) is 0 Å². The van der Waals surface area contributed by atoms with Gasteiger partial charge in [0.25, 0.3) is 0 Å². The normalized spacial score (nSPS) is 13.9. The Morgan fingerprint density at radius 3 is 2.37 bits per heavy atom. The molecule has 30 heavy (non-hydrogen) atoms. The fraction of sp³-hybridized carbons (Fsp3) is 0.478. The van der Waals surface area contributed by atoms with Gasteiger partial charge in [-0.05, 0) is 68.3 Å². The number of rotatable bonds is 9. The summed E-state index contributed by atoms with van der Waals surface area (Å²) in [6.45, 7) is 6.51. The third kappa shape index (κ3) is 5.61. The number of halogens is 2. The lowest BCUT2D eigenvalue weighted by Gasteiger charge is -2.32. The molecule has 0 unspecified atom stereocenters. The van der Waals surface area contributed by atoms with Crippen molar-refractivity contribution in [3.05, 3.63) is 57.5 Å². The molecule has 0 N–H and O–H groups in total. The van der Waals surface area contributed by atoms with Crippen LogP contribution < -0.4 is 0 Å². The molecule has 1 aliphatic carbocycles. The van der Waals surface area contributed by atoms with Gasteiger partial charge in [0.15, 0.2) is 0 Å². The molecule has 7 heteroatoms. The van der Waals surface area contributed by atoms with Crippen LogP contribution in [0.25, 0.3) is 0 Å². The van der Waals surface area contributed by atoms with Crippen molar-refractivity contribution >= 4 is 34.8 Å². The van der Waals surface area contributed by atoms with Crippen LogP contribution in [0.3, 0.4) is 0 Å². The molecule has 0 aliphatic heterocycles. The third-order valence-electron chi connectivity index (χ3n) is 5.41. The fourth-order valence-electron chi connectivity index (χ4n) is 3.23. The van der Waals surface area contributed by atoms with Crippen LogP contribution in [0.1, 0.15) is 42.7 Å². The molecule has 1 aromatic heterocycles. The highest BCUT2D eigenvalue weighted by molar-refractivity contribution is 7.10. The lowest BCUT2D eigenvalue weighted by atomic mass is 9.94. The molecule has 3 rings (SSSR count). The predicted molar refractivity (Wildman–Crippen MR) is 119 cm³/mol. The Hall–Kier alpha value is -1.92. The number of hydrogen-bond acceptors (Lipinski definition) is 3. The lowest BCUT2D eigenvalue weighted by Crippen LogP contribution is -2.48. The van der Waals surface area contributed by atoms with E-state index in [4.69, 9.17) is 11.6 Å². The van der Waals surface area contributed by atoms with E-state index in [0.29, 0.717) is 13.1 Å². The zero-order chi connectivity index (χ0) is 21.9. The van der Waals surface area contributed by atoms with E-state index in [1.165, 1.54) is 12.1 Å². The van der Waals surface area contributed by atoms with E-state index in [-0.39, 0.29) is 36.1 Å². The van der Waals surface area contributed by atoms with Crippen molar-refractivity contribution in [3.63, 3.8) is 0 Å². The van der Waals surface area contributed by atoms with E-state index in [1.807, 2.05) is 32.2 Å². The van der Waals surface area contributed by atoms with E-state index < -0.39 is 5.41 Å². The number of aryl methyl sites for hydroxylation is 1. The molecule has 0 atom stereocenters. The summed E-state index contributed by atoms with van der Waals surface area (Å²) >= 11 is 7.62. The van der Waals surface area contributed by atoms with Crippen molar-refractivity contribution in [2.24, 2.45) is 5.41 Å². The smallest absolute Gasteiger partial charge is 0.242 e. The van der Waals surface area contributed by atoms with Crippen LogP contribution in [0.2, 0.25) is 0 Å². The first kappa shape index (κ1) is 22.8. The number of benzene rings is 1. The van der Waals surface area contributed by atoms with Crippen molar-refractivity contribution < 1.29 is 14.0 Å². The number of carbonyl (C=O) groups is 2. The van der Waals surface area contributed by atoms with Gasteiger partial charge in [0.1, 0.15) is 12.4 Å². The van der Waals surface area contributed by atoms with Gasteiger partial charge in [-0.3, -0.25) is 9.59 Å². The van der Waals surface area contributed by atoms with Crippen LogP contribution in [0.5, 0.6) is 0 Å². The molecule has 2 aromatic rings. The van der Waals surface area contributed by atoms with Crippen LogP contribution in [0.15, 0.2) is 35.7 Å². The zero-order valence-electron chi connectivity index (χ0n) is 17.7. The SMILES string of the molecule is Cc1ccsc1CN(Cc1ccc(F)cc1)C(=O)CN(C(=O)C(C)(C)CCl)C1CC1. The Morgan fingerprint density at radius 1 is 1.17 bits per heavy atom. The molecule has 1 aromatic carbocycles. The van der Waals surface area contributed by atoms with Gasteiger partial charge in [-0.25, -0.2) is 4.39 Å². The Kier molecular flexibility index (Phi) is 7.19. The monoisotopic (exact) mass is 450 g/mol. The van der Waals surface area contributed by atoms with E-state index in [0.717, 1.165) is 28.8 Å². The molecule has 0 spiro atoms. The third-order valence-corrected chi connectivity index (χ3v) is 7.09. The summed E-state index contributed by atoms with van der Waals surface area (Å²) in [4.78, 5) is 30.9. The second-order valence-corrected chi connectivity index (χ2v) is 9.85. The molecule has 2 amide bonds. The molecule has 162 valence electrons. The van der Waals surface area contributed by atoms with Gasteiger partial charge in [0.2, 0.25) is 11.8 Å². The highest BCUT2D eigenvalue weighted by atomic mass is 35.5. The van der Waals surface area contributed by atoms with Crippen molar-refractivity contribution in [2.75, 3.05) is 12.4 Å². The van der Waals surface area contributed by atoms with Gasteiger partial charge in [-0.1, -0.05) is 12.1 Å². The van der Waals surface area contributed by atoms with E-state index in [2.05, 4.69) is 0 Å². The first-order valence-electron chi connectivity index (χ1n) is 10.1.